The van der Waals surface area contributed by atoms with Crippen LogP contribution in [-0.4, -0.2) is 24.2 Å². The standard InChI is InChI=1S/C22H29NO4S2/c1-3-4-5-6-10-13-21-22(27-21)28(24,19-11-8-7-9-12-19)23-29(25,26)20-16-14-18(2)15-17-20/h7-9,11-12,14-17,21-22H,3-6,10,13H2,1-2H3/t21-,22+,28?/m0/s1. The van der Waals surface area contributed by atoms with Crippen molar-refractivity contribution >= 4 is 19.8 Å². The average molecular weight is 436 g/mol. The second-order valence-corrected chi connectivity index (χ2v) is 11.6. The second kappa shape index (κ2) is 9.41. The molecule has 1 aliphatic rings. The zero-order valence-electron chi connectivity index (χ0n) is 17.0. The predicted octanol–water partition coefficient (Wildman–Crippen LogP) is 5.30. The van der Waals surface area contributed by atoms with E-state index in [4.69, 9.17) is 4.74 Å². The quantitative estimate of drug-likeness (QED) is 0.375. The van der Waals surface area contributed by atoms with Gasteiger partial charge in [0.25, 0.3) is 10.0 Å². The Morgan fingerprint density at radius 1 is 0.862 bits per heavy atom. The Hall–Kier alpha value is -1.70. The normalized spacial score (nSPS) is 20.8. The van der Waals surface area contributed by atoms with E-state index < -0.39 is 25.2 Å². The van der Waals surface area contributed by atoms with E-state index >= 15 is 0 Å². The van der Waals surface area contributed by atoms with Gasteiger partial charge in [0, 0.05) is 0 Å². The molecule has 1 aliphatic heterocycles. The summed E-state index contributed by atoms with van der Waals surface area (Å²) in [4.78, 5) is 0.442. The fourth-order valence-corrected chi connectivity index (χ4v) is 7.63. The van der Waals surface area contributed by atoms with E-state index in [1.165, 1.54) is 31.4 Å². The lowest BCUT2D eigenvalue weighted by molar-refractivity contribution is 0.379. The van der Waals surface area contributed by atoms with Gasteiger partial charge in [0.1, 0.15) is 9.73 Å². The number of benzene rings is 2. The van der Waals surface area contributed by atoms with Crippen molar-refractivity contribution in [2.24, 2.45) is 3.77 Å². The van der Waals surface area contributed by atoms with E-state index in [1.807, 2.05) is 6.92 Å². The van der Waals surface area contributed by atoms with Crippen LogP contribution in [0.2, 0.25) is 0 Å². The lowest BCUT2D eigenvalue weighted by Crippen LogP contribution is -2.14. The van der Waals surface area contributed by atoms with Crippen molar-refractivity contribution < 1.29 is 17.4 Å². The molecule has 0 saturated carbocycles. The highest BCUT2D eigenvalue weighted by atomic mass is 32.3. The molecular formula is C22H29NO4S2. The third kappa shape index (κ3) is 5.47. The molecule has 0 bridgehead atoms. The van der Waals surface area contributed by atoms with Crippen LogP contribution in [0.4, 0.5) is 0 Å². The third-order valence-corrected chi connectivity index (χ3v) is 9.58. The SMILES string of the molecule is CCCCCCC[C@@H]1O[C@@H]1S(=O)(=NS(=O)(=O)c1ccc(C)cc1)c1ccccc1. The van der Waals surface area contributed by atoms with E-state index in [9.17, 15) is 12.6 Å². The molecule has 0 spiro atoms. The zero-order chi connectivity index (χ0) is 20.9. The number of epoxide rings is 1. The summed E-state index contributed by atoms with van der Waals surface area (Å²) in [5.74, 6) is 0. The minimum atomic E-state index is -4.07. The largest absolute Gasteiger partial charge is 0.354 e. The average Bonchev–Trinajstić information content (AvgIpc) is 3.49. The van der Waals surface area contributed by atoms with E-state index in [-0.39, 0.29) is 11.0 Å². The summed E-state index contributed by atoms with van der Waals surface area (Å²) in [6.45, 7) is 4.05. The summed E-state index contributed by atoms with van der Waals surface area (Å²) in [5.41, 5.74) is 0.262. The number of hydrogen-bond acceptors (Lipinski definition) is 4. The van der Waals surface area contributed by atoms with Gasteiger partial charge in [0.05, 0.1) is 15.9 Å². The number of rotatable bonds is 10. The van der Waals surface area contributed by atoms with Crippen LogP contribution in [0.25, 0.3) is 0 Å². The molecule has 3 rings (SSSR count). The van der Waals surface area contributed by atoms with Crippen molar-refractivity contribution in [1.29, 1.82) is 0 Å². The Morgan fingerprint density at radius 3 is 2.17 bits per heavy atom. The van der Waals surface area contributed by atoms with Gasteiger partial charge in [-0.15, -0.1) is 0 Å². The van der Waals surface area contributed by atoms with Gasteiger partial charge in [-0.1, -0.05) is 78.7 Å². The van der Waals surface area contributed by atoms with Crippen molar-refractivity contribution in [3.63, 3.8) is 0 Å². The maximum Gasteiger partial charge on any atom is 0.290 e. The molecule has 1 saturated heterocycles. The number of hydrogen-bond donors (Lipinski definition) is 0. The Balaban J connectivity index is 1.87. The molecule has 5 nitrogen and oxygen atoms in total. The molecular weight excluding hydrogens is 406 g/mol. The second-order valence-electron chi connectivity index (χ2n) is 7.49. The Bertz CT molecular complexity index is 1020. The van der Waals surface area contributed by atoms with Gasteiger partial charge in [0.15, 0.2) is 5.44 Å². The highest BCUT2D eigenvalue weighted by molar-refractivity contribution is 8.03. The Kier molecular flexibility index (Phi) is 7.14. The van der Waals surface area contributed by atoms with Gasteiger partial charge in [-0.25, -0.2) is 4.21 Å². The van der Waals surface area contributed by atoms with Crippen molar-refractivity contribution in [2.75, 3.05) is 0 Å². The van der Waals surface area contributed by atoms with Crippen molar-refractivity contribution in [1.82, 2.24) is 0 Å². The molecule has 0 amide bonds. The molecule has 1 fully saturated rings. The van der Waals surface area contributed by atoms with Gasteiger partial charge >= 0.3 is 0 Å². The first kappa shape index (κ1) is 22.0. The van der Waals surface area contributed by atoms with E-state index in [1.54, 1.807) is 42.5 Å². The molecule has 0 aliphatic carbocycles. The van der Waals surface area contributed by atoms with Gasteiger partial charge in [-0.2, -0.15) is 8.42 Å². The van der Waals surface area contributed by atoms with E-state index in [0.717, 1.165) is 24.8 Å². The van der Waals surface area contributed by atoms with Crippen molar-refractivity contribution in [2.45, 2.75) is 73.7 Å². The van der Waals surface area contributed by atoms with E-state index in [0.29, 0.717) is 4.90 Å². The van der Waals surface area contributed by atoms with Crippen LogP contribution in [0.5, 0.6) is 0 Å². The molecule has 0 aromatic heterocycles. The number of ether oxygens (including phenoxy) is 1. The summed E-state index contributed by atoms with van der Waals surface area (Å²) >= 11 is 0. The molecule has 7 heteroatoms. The topological polar surface area (TPSA) is 76.1 Å². The highest BCUT2D eigenvalue weighted by Crippen LogP contribution is 2.38. The maximum atomic E-state index is 13.9. The Labute approximate surface area is 174 Å². The molecule has 0 radical (unpaired) electrons. The van der Waals surface area contributed by atoms with E-state index in [2.05, 4.69) is 10.7 Å². The number of nitrogens with zero attached hydrogens (tertiary/aromatic N) is 1. The van der Waals surface area contributed by atoms with Gasteiger partial charge in [-0.05, 0) is 37.6 Å². The summed E-state index contributed by atoms with van der Waals surface area (Å²) < 4.78 is 49.4. The van der Waals surface area contributed by atoms with Crippen LogP contribution < -0.4 is 0 Å². The first-order chi connectivity index (χ1) is 13.9. The lowest BCUT2D eigenvalue weighted by atomic mass is 10.1. The van der Waals surface area contributed by atoms with Crippen molar-refractivity contribution in [3.8, 4) is 0 Å². The summed E-state index contributed by atoms with van der Waals surface area (Å²) in [6.07, 6.45) is 6.22. The summed E-state index contributed by atoms with van der Waals surface area (Å²) in [7, 11) is -7.35. The first-order valence-electron chi connectivity index (χ1n) is 10.2. The smallest absolute Gasteiger partial charge is 0.290 e. The lowest BCUT2D eigenvalue weighted by Gasteiger charge is -2.09. The summed E-state index contributed by atoms with van der Waals surface area (Å²) in [5, 5.41) is 0. The molecule has 2 aromatic rings. The Morgan fingerprint density at radius 2 is 1.52 bits per heavy atom. The fraction of sp³-hybridized carbons (Fsp3) is 0.455. The zero-order valence-corrected chi connectivity index (χ0v) is 18.6. The number of aryl methyl sites for hydroxylation is 1. The predicted molar refractivity (Wildman–Crippen MR) is 116 cm³/mol. The van der Waals surface area contributed by atoms with Crippen molar-refractivity contribution in [3.05, 3.63) is 60.2 Å². The first-order valence-corrected chi connectivity index (χ1v) is 13.2. The molecule has 158 valence electrons. The molecule has 2 aromatic carbocycles. The molecule has 1 heterocycles. The highest BCUT2D eigenvalue weighted by Gasteiger charge is 2.48. The number of unbranched alkanes of at least 4 members (excludes halogenated alkanes) is 4. The minimum Gasteiger partial charge on any atom is -0.354 e. The van der Waals surface area contributed by atoms with Crippen LogP contribution >= 0.6 is 0 Å². The van der Waals surface area contributed by atoms with Crippen LogP contribution in [0.1, 0.15) is 51.0 Å². The van der Waals surface area contributed by atoms with Gasteiger partial charge < -0.3 is 4.74 Å². The molecule has 3 atom stereocenters. The van der Waals surface area contributed by atoms with Gasteiger partial charge in [0.2, 0.25) is 0 Å². The fourth-order valence-electron chi connectivity index (χ4n) is 3.30. The minimum absolute atomic E-state index is 0.0449. The number of sulfonamides is 1. The van der Waals surface area contributed by atoms with Crippen LogP contribution in [0.15, 0.2) is 68.2 Å². The van der Waals surface area contributed by atoms with Crippen LogP contribution in [-0.2, 0) is 24.5 Å². The maximum absolute atomic E-state index is 13.9. The third-order valence-electron chi connectivity index (χ3n) is 5.05. The molecule has 29 heavy (non-hydrogen) atoms. The van der Waals surface area contributed by atoms with Crippen LogP contribution in [0.3, 0.4) is 0 Å². The molecule has 0 N–H and O–H groups in total. The van der Waals surface area contributed by atoms with Crippen LogP contribution in [0, 0.1) is 6.92 Å². The molecule has 1 unspecified atom stereocenters. The monoisotopic (exact) mass is 435 g/mol. The summed E-state index contributed by atoms with van der Waals surface area (Å²) in [6, 6.07) is 15.0. The van der Waals surface area contributed by atoms with Gasteiger partial charge in [-0.3, -0.25) is 0 Å².